The van der Waals surface area contributed by atoms with Crippen molar-refractivity contribution in [1.29, 1.82) is 0 Å². The number of rotatable bonds is 5. The molecule has 1 aromatic heterocycles. The Labute approximate surface area is 145 Å². The Kier molecular flexibility index (Phi) is 6.16. The summed E-state index contributed by atoms with van der Waals surface area (Å²) in [6.07, 6.45) is 0.854. The first-order valence-electron chi connectivity index (χ1n) is 7.56. The maximum absolute atomic E-state index is 12.8. The summed E-state index contributed by atoms with van der Waals surface area (Å²) in [6.45, 7) is 2.31. The number of carbonyl (C=O) groups excluding carboxylic acids is 1. The number of halogens is 2. The fourth-order valence-corrected chi connectivity index (χ4v) is 2.52. The van der Waals surface area contributed by atoms with E-state index < -0.39 is 0 Å². The van der Waals surface area contributed by atoms with Gasteiger partial charge in [0.05, 0.1) is 6.54 Å². The maximum atomic E-state index is 12.8. The molecular weight excluding hydrogens is 335 g/mol. The number of ether oxygens (including phenoxy) is 1. The minimum Gasteiger partial charge on any atom is -0.492 e. The fraction of sp³-hybridized carbons (Fsp3) is 0.375. The van der Waals surface area contributed by atoms with Crippen molar-refractivity contribution in [3.05, 3.63) is 47.0 Å². The van der Waals surface area contributed by atoms with Crippen LogP contribution in [-0.2, 0) is 13.0 Å². The fourth-order valence-electron chi connectivity index (χ4n) is 2.52. The summed E-state index contributed by atoms with van der Waals surface area (Å²) in [7, 11) is 1.72. The monoisotopic (exact) mass is 354 g/mol. The standard InChI is InChI=1S/C16H19FN4O2.ClH/c1-21(8-9-23-12-4-2-11(17)3-5-12)16(22)15-13-10-18-7-6-14(13)19-20-15;/h2-5,18H,6-10H2,1H3,(H,19,20);1H. The highest BCUT2D eigenvalue weighted by molar-refractivity contribution is 5.93. The molecule has 1 aliphatic rings. The average molecular weight is 355 g/mol. The molecule has 3 rings (SSSR count). The van der Waals surface area contributed by atoms with Crippen LogP contribution in [0.25, 0.3) is 0 Å². The Morgan fingerprint density at radius 1 is 1.38 bits per heavy atom. The topological polar surface area (TPSA) is 70.2 Å². The Morgan fingerprint density at radius 2 is 2.12 bits per heavy atom. The number of nitrogens with one attached hydrogen (secondary N) is 2. The Hall–Kier alpha value is -2.12. The van der Waals surface area contributed by atoms with E-state index in [1.165, 1.54) is 12.1 Å². The van der Waals surface area contributed by atoms with Crippen molar-refractivity contribution >= 4 is 18.3 Å². The van der Waals surface area contributed by atoms with E-state index in [2.05, 4.69) is 15.5 Å². The number of H-pyrrole nitrogens is 1. The number of hydrogen-bond donors (Lipinski definition) is 2. The van der Waals surface area contributed by atoms with Crippen LogP contribution in [0.3, 0.4) is 0 Å². The lowest BCUT2D eigenvalue weighted by molar-refractivity contribution is 0.0766. The molecule has 0 radical (unpaired) electrons. The predicted molar refractivity (Wildman–Crippen MR) is 90.1 cm³/mol. The molecule has 2 heterocycles. The molecule has 0 fully saturated rings. The first kappa shape index (κ1) is 18.2. The number of amides is 1. The van der Waals surface area contributed by atoms with Gasteiger partial charge in [-0.25, -0.2) is 4.39 Å². The van der Waals surface area contributed by atoms with E-state index in [1.807, 2.05) is 0 Å². The third-order valence-electron chi connectivity index (χ3n) is 3.86. The van der Waals surface area contributed by atoms with Crippen LogP contribution in [-0.4, -0.2) is 47.7 Å². The van der Waals surface area contributed by atoms with E-state index in [0.29, 0.717) is 31.1 Å². The quantitative estimate of drug-likeness (QED) is 0.858. The van der Waals surface area contributed by atoms with Crippen molar-refractivity contribution in [2.75, 3.05) is 26.7 Å². The zero-order valence-corrected chi connectivity index (χ0v) is 14.2. The van der Waals surface area contributed by atoms with Gasteiger partial charge in [0.15, 0.2) is 5.69 Å². The molecule has 0 bridgehead atoms. The van der Waals surface area contributed by atoms with Crippen molar-refractivity contribution in [2.45, 2.75) is 13.0 Å². The van der Waals surface area contributed by atoms with Crippen LogP contribution in [0.5, 0.6) is 5.75 Å². The molecule has 0 unspecified atom stereocenters. The lowest BCUT2D eigenvalue weighted by Gasteiger charge is -2.18. The van der Waals surface area contributed by atoms with Gasteiger partial charge in [0.1, 0.15) is 18.2 Å². The predicted octanol–water partition coefficient (Wildman–Crippen LogP) is 1.77. The third kappa shape index (κ3) is 4.04. The molecule has 6 nitrogen and oxygen atoms in total. The van der Waals surface area contributed by atoms with Crippen molar-refractivity contribution in [2.24, 2.45) is 0 Å². The van der Waals surface area contributed by atoms with Crippen molar-refractivity contribution < 1.29 is 13.9 Å². The van der Waals surface area contributed by atoms with Crippen LogP contribution in [0.4, 0.5) is 4.39 Å². The van der Waals surface area contributed by atoms with E-state index in [0.717, 1.165) is 24.2 Å². The van der Waals surface area contributed by atoms with Gasteiger partial charge in [-0.15, -0.1) is 12.4 Å². The molecule has 0 spiro atoms. The van der Waals surface area contributed by atoms with E-state index in [4.69, 9.17) is 4.74 Å². The summed E-state index contributed by atoms with van der Waals surface area (Å²) < 4.78 is 18.3. The van der Waals surface area contributed by atoms with Crippen molar-refractivity contribution in [3.8, 4) is 5.75 Å². The minimum atomic E-state index is -0.304. The van der Waals surface area contributed by atoms with Gasteiger partial charge < -0.3 is 15.0 Å². The molecule has 1 amide bonds. The molecule has 2 N–H and O–H groups in total. The first-order chi connectivity index (χ1) is 11.1. The number of benzene rings is 1. The largest absolute Gasteiger partial charge is 0.492 e. The zero-order valence-electron chi connectivity index (χ0n) is 13.3. The SMILES string of the molecule is CN(CCOc1ccc(F)cc1)C(=O)c1n[nH]c2c1CNCC2.Cl. The summed E-state index contributed by atoms with van der Waals surface area (Å²) in [5.41, 5.74) is 2.45. The van der Waals surface area contributed by atoms with Crippen molar-refractivity contribution in [1.82, 2.24) is 20.4 Å². The smallest absolute Gasteiger partial charge is 0.274 e. The van der Waals surface area contributed by atoms with Gasteiger partial charge in [0, 0.05) is 37.8 Å². The summed E-state index contributed by atoms with van der Waals surface area (Å²) in [5, 5.41) is 10.3. The second-order valence-electron chi connectivity index (χ2n) is 5.49. The van der Waals surface area contributed by atoms with Gasteiger partial charge in [-0.1, -0.05) is 0 Å². The van der Waals surface area contributed by atoms with Gasteiger partial charge in [-0.3, -0.25) is 9.89 Å². The molecule has 0 saturated carbocycles. The van der Waals surface area contributed by atoms with E-state index in [1.54, 1.807) is 24.1 Å². The van der Waals surface area contributed by atoms with Gasteiger partial charge >= 0.3 is 0 Å². The molecule has 0 aliphatic carbocycles. The third-order valence-corrected chi connectivity index (χ3v) is 3.86. The second-order valence-corrected chi connectivity index (χ2v) is 5.49. The Morgan fingerprint density at radius 3 is 2.88 bits per heavy atom. The molecule has 1 aromatic carbocycles. The van der Waals surface area contributed by atoms with Crippen LogP contribution in [0, 0.1) is 5.82 Å². The molecule has 8 heteroatoms. The summed E-state index contributed by atoms with van der Waals surface area (Å²) >= 11 is 0. The lowest BCUT2D eigenvalue weighted by atomic mass is 10.1. The average Bonchev–Trinajstić information content (AvgIpc) is 3.00. The van der Waals surface area contributed by atoms with Gasteiger partial charge in [0.2, 0.25) is 0 Å². The first-order valence-corrected chi connectivity index (χ1v) is 7.56. The van der Waals surface area contributed by atoms with Crippen LogP contribution in [0.1, 0.15) is 21.7 Å². The van der Waals surface area contributed by atoms with Crippen LogP contribution in [0.15, 0.2) is 24.3 Å². The number of nitrogens with zero attached hydrogens (tertiary/aromatic N) is 2. The number of likely N-dealkylation sites (N-methyl/N-ethyl adjacent to an activating group) is 1. The van der Waals surface area contributed by atoms with Gasteiger partial charge in [-0.05, 0) is 24.3 Å². The van der Waals surface area contributed by atoms with E-state index >= 15 is 0 Å². The summed E-state index contributed by atoms with van der Waals surface area (Å²) in [5.74, 6) is 0.143. The van der Waals surface area contributed by atoms with Crippen LogP contribution >= 0.6 is 12.4 Å². The van der Waals surface area contributed by atoms with Gasteiger partial charge in [0.25, 0.3) is 5.91 Å². The minimum absolute atomic E-state index is 0. The van der Waals surface area contributed by atoms with Crippen LogP contribution in [0.2, 0.25) is 0 Å². The Bertz CT molecular complexity index is 690. The zero-order chi connectivity index (χ0) is 16.2. The molecular formula is C16H20ClFN4O2. The molecule has 1 aliphatic heterocycles. The molecule has 24 heavy (non-hydrogen) atoms. The molecule has 130 valence electrons. The van der Waals surface area contributed by atoms with E-state index in [9.17, 15) is 9.18 Å². The van der Waals surface area contributed by atoms with Gasteiger partial charge in [-0.2, -0.15) is 5.10 Å². The molecule has 0 saturated heterocycles. The Balaban J connectivity index is 0.00000208. The highest BCUT2D eigenvalue weighted by atomic mass is 35.5. The summed E-state index contributed by atoms with van der Waals surface area (Å²) in [4.78, 5) is 14.1. The summed E-state index contributed by atoms with van der Waals surface area (Å²) in [6, 6.07) is 5.81. The number of aromatic nitrogens is 2. The number of aromatic amines is 1. The number of carbonyl (C=O) groups is 1. The maximum Gasteiger partial charge on any atom is 0.274 e. The second kappa shape index (κ2) is 8.12. The normalized spacial score (nSPS) is 12.9. The highest BCUT2D eigenvalue weighted by Gasteiger charge is 2.23. The number of hydrogen-bond acceptors (Lipinski definition) is 4. The molecule has 0 atom stereocenters. The van der Waals surface area contributed by atoms with E-state index in [-0.39, 0.29) is 24.1 Å². The number of fused-ring (bicyclic) bond motifs is 1. The lowest BCUT2D eigenvalue weighted by Crippen LogP contribution is -2.33. The molecule has 2 aromatic rings. The van der Waals surface area contributed by atoms with Crippen LogP contribution < -0.4 is 10.1 Å². The highest BCUT2D eigenvalue weighted by Crippen LogP contribution is 2.16. The van der Waals surface area contributed by atoms with Crippen molar-refractivity contribution in [3.63, 3.8) is 0 Å².